The Bertz CT molecular complexity index is 1360. The topological polar surface area (TPSA) is 239 Å². The first-order valence-electron chi connectivity index (χ1n) is 14.9. The quantitative estimate of drug-likeness (QED) is 0.108. The number of alkyl carbamates (subject to hydrolysis) is 1. The molecule has 47 heavy (non-hydrogen) atoms. The Hall–Kier alpha value is -3.93. The summed E-state index contributed by atoms with van der Waals surface area (Å²) in [7, 11) is -5.93. The number of rotatable bonds is 15. The van der Waals surface area contributed by atoms with Crippen molar-refractivity contribution in [3.8, 4) is 0 Å². The molecular formula is C28H40BN6O11P. The lowest BCUT2D eigenvalue weighted by Crippen LogP contribution is -2.57. The van der Waals surface area contributed by atoms with Gasteiger partial charge in [-0.2, -0.15) is 0 Å². The summed E-state index contributed by atoms with van der Waals surface area (Å²) in [5.74, 6) is -5.68. The van der Waals surface area contributed by atoms with Crippen LogP contribution in [0.15, 0.2) is 48.9 Å². The SMILES string of the molecule is CC(C)CC(NC(=O)[C@H](Cc1ccccc1)NC(=O)c1cnccn1)B1OCCN(CCOC(=O)NC(C(=O)O)P(=O)(O)O)CCO1. The molecule has 6 N–H and O–H groups in total. The normalized spacial score (nSPS) is 16.2. The van der Waals surface area contributed by atoms with Crippen molar-refractivity contribution in [1.29, 1.82) is 0 Å². The van der Waals surface area contributed by atoms with Gasteiger partial charge in [-0.1, -0.05) is 44.2 Å². The Morgan fingerprint density at radius 3 is 2.30 bits per heavy atom. The van der Waals surface area contributed by atoms with Crippen LogP contribution in [0.25, 0.3) is 0 Å². The van der Waals surface area contributed by atoms with E-state index >= 15 is 0 Å². The Balaban J connectivity index is 1.58. The zero-order valence-corrected chi connectivity index (χ0v) is 27.0. The molecule has 17 nitrogen and oxygen atoms in total. The molecule has 1 aliphatic heterocycles. The highest BCUT2D eigenvalue weighted by Gasteiger charge is 2.38. The predicted molar refractivity (Wildman–Crippen MR) is 167 cm³/mol. The molecule has 3 atom stereocenters. The number of aliphatic carboxylic acids is 1. The van der Waals surface area contributed by atoms with Crippen LogP contribution in [-0.2, 0) is 34.6 Å². The van der Waals surface area contributed by atoms with E-state index in [9.17, 15) is 23.7 Å². The van der Waals surface area contributed by atoms with Gasteiger partial charge < -0.3 is 39.6 Å². The van der Waals surface area contributed by atoms with Crippen LogP contribution in [0.3, 0.4) is 0 Å². The van der Waals surface area contributed by atoms with Gasteiger partial charge >= 0.3 is 26.8 Å². The predicted octanol–water partition coefficient (Wildman–Crippen LogP) is 0.0394. The van der Waals surface area contributed by atoms with Crippen molar-refractivity contribution in [1.82, 2.24) is 30.8 Å². The summed E-state index contributed by atoms with van der Waals surface area (Å²) >= 11 is 0. The lowest BCUT2D eigenvalue weighted by molar-refractivity contribution is -0.137. The number of nitrogens with zero attached hydrogens (tertiary/aromatic N) is 3. The van der Waals surface area contributed by atoms with Crippen molar-refractivity contribution in [2.45, 2.75) is 44.5 Å². The first-order chi connectivity index (χ1) is 22.3. The van der Waals surface area contributed by atoms with Gasteiger partial charge in [0, 0.05) is 51.7 Å². The fraction of sp³-hybridized carbons (Fsp3) is 0.500. The maximum absolute atomic E-state index is 13.7. The molecule has 3 amide bonds. The van der Waals surface area contributed by atoms with Gasteiger partial charge in [0.25, 0.3) is 5.91 Å². The Kier molecular flexibility index (Phi) is 14.7. The number of hydrogen-bond donors (Lipinski definition) is 6. The molecule has 256 valence electrons. The van der Waals surface area contributed by atoms with Crippen LogP contribution in [0, 0.1) is 5.92 Å². The molecule has 0 spiro atoms. The number of nitrogens with one attached hydrogen (secondary N) is 3. The molecule has 1 aromatic heterocycles. The Morgan fingerprint density at radius 2 is 1.72 bits per heavy atom. The second-order valence-corrected chi connectivity index (χ2v) is 12.8. The maximum atomic E-state index is 13.7. The average molecular weight is 678 g/mol. The van der Waals surface area contributed by atoms with Crippen molar-refractivity contribution < 1.29 is 52.7 Å². The summed E-state index contributed by atoms with van der Waals surface area (Å²) in [6, 6.07) is 8.33. The van der Waals surface area contributed by atoms with E-state index in [1.165, 1.54) is 18.6 Å². The zero-order chi connectivity index (χ0) is 34.4. The van der Waals surface area contributed by atoms with Crippen molar-refractivity contribution in [2.75, 3.05) is 39.5 Å². The number of aromatic nitrogens is 2. The van der Waals surface area contributed by atoms with Crippen molar-refractivity contribution in [3.05, 3.63) is 60.2 Å². The van der Waals surface area contributed by atoms with Gasteiger partial charge in [-0.05, 0) is 17.9 Å². The molecule has 1 aliphatic rings. The third-order valence-corrected chi connectivity index (χ3v) is 7.95. The van der Waals surface area contributed by atoms with Crippen molar-refractivity contribution in [3.63, 3.8) is 0 Å². The summed E-state index contributed by atoms with van der Waals surface area (Å²) in [5, 5.41) is 16.4. The molecule has 1 saturated heterocycles. The molecule has 1 fully saturated rings. The van der Waals surface area contributed by atoms with Gasteiger partial charge in [0.1, 0.15) is 18.3 Å². The highest BCUT2D eigenvalue weighted by atomic mass is 31.2. The highest BCUT2D eigenvalue weighted by molar-refractivity contribution is 7.53. The van der Waals surface area contributed by atoms with Gasteiger partial charge in [0.05, 0.1) is 12.1 Å². The average Bonchev–Trinajstić information content (AvgIpc) is 3.00. The number of amides is 3. The maximum Gasteiger partial charge on any atom is 0.480 e. The number of carboxylic acid groups (broad SMARTS) is 1. The van der Waals surface area contributed by atoms with Gasteiger partial charge in [-0.15, -0.1) is 0 Å². The fourth-order valence-corrected chi connectivity index (χ4v) is 5.22. The van der Waals surface area contributed by atoms with Crippen LogP contribution < -0.4 is 16.0 Å². The monoisotopic (exact) mass is 678 g/mol. The van der Waals surface area contributed by atoms with Crippen LogP contribution in [-0.4, -0.2) is 118 Å². The van der Waals surface area contributed by atoms with E-state index in [0.29, 0.717) is 19.5 Å². The van der Waals surface area contributed by atoms with E-state index in [1.54, 1.807) is 5.32 Å². The van der Waals surface area contributed by atoms with Crippen LogP contribution in [0.5, 0.6) is 0 Å². The zero-order valence-electron chi connectivity index (χ0n) is 26.1. The summed E-state index contributed by atoms with van der Waals surface area (Å²) in [6.45, 7) is 5.19. The van der Waals surface area contributed by atoms with E-state index < -0.39 is 56.4 Å². The van der Waals surface area contributed by atoms with Crippen LogP contribution in [0.1, 0.15) is 36.3 Å². The number of benzene rings is 1. The summed E-state index contributed by atoms with van der Waals surface area (Å²) in [5.41, 5.74) is 0.918. The second-order valence-electron chi connectivity index (χ2n) is 11.1. The van der Waals surface area contributed by atoms with Crippen LogP contribution >= 0.6 is 7.60 Å². The minimum absolute atomic E-state index is 0.0740. The van der Waals surface area contributed by atoms with Gasteiger partial charge in [-0.25, -0.2) is 14.6 Å². The molecule has 1 aromatic carbocycles. The summed E-state index contributed by atoms with van der Waals surface area (Å²) in [6.07, 6.45) is 3.61. The largest absolute Gasteiger partial charge is 0.480 e. The van der Waals surface area contributed by atoms with Gasteiger partial charge in [0.2, 0.25) is 11.7 Å². The molecular weight excluding hydrogens is 638 g/mol. The smallest absolute Gasteiger partial charge is 0.479 e. The van der Waals surface area contributed by atoms with E-state index in [4.69, 9.17) is 28.9 Å². The molecule has 0 aliphatic carbocycles. The minimum Gasteiger partial charge on any atom is -0.479 e. The fourth-order valence-electron chi connectivity index (χ4n) is 4.66. The Labute approximate surface area is 272 Å². The minimum atomic E-state index is -5.13. The molecule has 2 unspecified atom stereocenters. The number of carboxylic acids is 1. The second kappa shape index (κ2) is 18.4. The lowest BCUT2D eigenvalue weighted by atomic mass is 9.73. The number of hydrogen-bond acceptors (Lipinski definition) is 11. The van der Waals surface area contributed by atoms with E-state index in [1.807, 2.05) is 49.1 Å². The van der Waals surface area contributed by atoms with E-state index in [2.05, 4.69) is 20.6 Å². The molecule has 0 bridgehead atoms. The number of ether oxygens (including phenoxy) is 1. The van der Waals surface area contributed by atoms with Crippen molar-refractivity contribution >= 4 is 38.6 Å². The van der Waals surface area contributed by atoms with E-state index in [-0.39, 0.29) is 44.4 Å². The third kappa shape index (κ3) is 13.0. The molecule has 0 saturated carbocycles. The van der Waals surface area contributed by atoms with Crippen LogP contribution in [0.2, 0.25) is 0 Å². The van der Waals surface area contributed by atoms with Gasteiger partial charge in [-0.3, -0.25) is 29.4 Å². The first kappa shape index (κ1) is 37.5. The van der Waals surface area contributed by atoms with Crippen LogP contribution in [0.4, 0.5) is 4.79 Å². The first-order valence-corrected chi connectivity index (χ1v) is 16.6. The number of carbonyl (C=O) groups excluding carboxylic acids is 3. The summed E-state index contributed by atoms with van der Waals surface area (Å²) in [4.78, 5) is 77.5. The van der Waals surface area contributed by atoms with Crippen molar-refractivity contribution in [2.24, 2.45) is 5.92 Å². The number of carbonyl (C=O) groups is 4. The molecule has 3 rings (SSSR count). The Morgan fingerprint density at radius 1 is 1.04 bits per heavy atom. The molecule has 2 aromatic rings. The summed E-state index contributed by atoms with van der Waals surface area (Å²) < 4.78 is 28.2. The molecule has 2 heterocycles. The molecule has 19 heteroatoms. The van der Waals surface area contributed by atoms with E-state index in [0.717, 1.165) is 5.56 Å². The van der Waals surface area contributed by atoms with Gasteiger partial charge in [0.15, 0.2) is 0 Å². The lowest BCUT2D eigenvalue weighted by Gasteiger charge is -2.32. The highest BCUT2D eigenvalue weighted by Crippen LogP contribution is 2.39. The third-order valence-electron chi connectivity index (χ3n) is 6.93. The standard InChI is InChI=1S/C28H40BN6O11P/c1-19(2)16-23(33-24(36)21(17-20-6-4-3-5-7-20)32-25(37)22-18-30-8-9-31-22)29-45-14-11-35(12-15-46-29)10-13-44-28(40)34-26(27(38)39)47(41,42)43/h3-9,18-19,21,23,26H,10-17H2,1-2H3,(H,32,37)(H,33,36)(H,34,40)(H,38,39)(H2,41,42,43)/t21-,23?,26?/m0/s1. The molecule has 0 radical (unpaired) electrons.